The minimum atomic E-state index is -0.926. The lowest BCUT2D eigenvalue weighted by Crippen LogP contribution is -2.37. The molecule has 4 heterocycles. The fraction of sp³-hybridized carbons (Fsp3) is 0.261. The first-order valence-electron chi connectivity index (χ1n) is 11.2. The Morgan fingerprint density at radius 3 is 2.74 bits per heavy atom. The highest BCUT2D eigenvalue weighted by molar-refractivity contribution is 5.86. The summed E-state index contributed by atoms with van der Waals surface area (Å²) in [5.74, 6) is -1.25. The van der Waals surface area contributed by atoms with Crippen LogP contribution in [-0.2, 0) is 4.74 Å². The van der Waals surface area contributed by atoms with Gasteiger partial charge in [0, 0.05) is 13.1 Å². The molecule has 1 unspecified atom stereocenters. The third-order valence-corrected chi connectivity index (χ3v) is 5.98. The SMILES string of the molecule is Fc1cccc(-n2cnc3c(NCC4Nc5ccc(F)c(F)c5N4)nc(N4CCOCC4)nc32)c1. The molecule has 1 saturated heterocycles. The standard InChI is InChI=1S/C23H21F3N8O/c24-13-2-1-3-14(10-13)34-12-28-20-21(31-23(32-22(20)34)33-6-8-35-9-7-33)27-11-17-29-16-5-4-15(25)18(26)19(16)30-17/h1-5,10,12,17,29-30H,6-9,11H2,(H,27,31,32). The van der Waals surface area contributed by atoms with E-state index in [1.165, 1.54) is 18.2 Å². The first-order chi connectivity index (χ1) is 17.1. The topological polar surface area (TPSA) is 92.2 Å². The van der Waals surface area contributed by atoms with Crippen LogP contribution in [0.25, 0.3) is 16.9 Å². The van der Waals surface area contributed by atoms with Gasteiger partial charge in [0.1, 0.15) is 18.3 Å². The van der Waals surface area contributed by atoms with Gasteiger partial charge in [-0.25, -0.2) is 18.2 Å². The van der Waals surface area contributed by atoms with Crippen LogP contribution in [0.3, 0.4) is 0 Å². The van der Waals surface area contributed by atoms with Crippen molar-refractivity contribution in [3.8, 4) is 5.69 Å². The summed E-state index contributed by atoms with van der Waals surface area (Å²) in [4.78, 5) is 15.9. The van der Waals surface area contributed by atoms with E-state index in [-0.39, 0.29) is 18.0 Å². The van der Waals surface area contributed by atoms with Gasteiger partial charge in [0.05, 0.1) is 36.8 Å². The van der Waals surface area contributed by atoms with Gasteiger partial charge in [0.15, 0.2) is 28.6 Å². The number of aromatic nitrogens is 4. The molecule has 2 aliphatic rings. The number of fused-ring (bicyclic) bond motifs is 2. The van der Waals surface area contributed by atoms with Crippen LogP contribution in [0.2, 0.25) is 0 Å². The van der Waals surface area contributed by atoms with E-state index in [0.29, 0.717) is 60.6 Å². The number of ether oxygens (including phenoxy) is 1. The molecule has 2 aromatic heterocycles. The summed E-state index contributed by atoms with van der Waals surface area (Å²) in [6.45, 7) is 2.67. The third-order valence-electron chi connectivity index (χ3n) is 5.98. The molecule has 2 aromatic carbocycles. The fourth-order valence-corrected chi connectivity index (χ4v) is 4.24. The van der Waals surface area contributed by atoms with Crippen molar-refractivity contribution in [3.63, 3.8) is 0 Å². The summed E-state index contributed by atoms with van der Waals surface area (Å²) in [6, 6.07) is 8.74. The number of hydrogen-bond donors (Lipinski definition) is 3. The van der Waals surface area contributed by atoms with Crippen molar-refractivity contribution in [2.24, 2.45) is 0 Å². The van der Waals surface area contributed by atoms with Crippen molar-refractivity contribution >= 4 is 34.3 Å². The van der Waals surface area contributed by atoms with Gasteiger partial charge in [-0.15, -0.1) is 0 Å². The highest BCUT2D eigenvalue weighted by Gasteiger charge is 2.26. The lowest BCUT2D eigenvalue weighted by Gasteiger charge is -2.27. The van der Waals surface area contributed by atoms with Crippen molar-refractivity contribution in [2.75, 3.05) is 53.7 Å². The van der Waals surface area contributed by atoms with Gasteiger partial charge >= 0.3 is 0 Å². The van der Waals surface area contributed by atoms with Crippen LogP contribution in [-0.4, -0.2) is 58.5 Å². The molecule has 0 bridgehead atoms. The van der Waals surface area contributed by atoms with Gasteiger partial charge in [-0.05, 0) is 30.3 Å². The maximum atomic E-state index is 14.1. The van der Waals surface area contributed by atoms with Crippen LogP contribution < -0.4 is 20.9 Å². The Hall–Kier alpha value is -4.06. The molecule has 0 spiro atoms. The quantitative estimate of drug-likeness (QED) is 0.399. The van der Waals surface area contributed by atoms with Crippen LogP contribution in [0.1, 0.15) is 0 Å². The van der Waals surface area contributed by atoms with Crippen molar-refractivity contribution in [2.45, 2.75) is 6.17 Å². The third kappa shape index (κ3) is 3.95. The molecule has 2 aliphatic heterocycles. The fourth-order valence-electron chi connectivity index (χ4n) is 4.24. The minimum Gasteiger partial charge on any atom is -0.378 e. The summed E-state index contributed by atoms with van der Waals surface area (Å²) in [7, 11) is 0. The average Bonchev–Trinajstić information content (AvgIpc) is 3.50. The number of benzene rings is 2. The van der Waals surface area contributed by atoms with Gasteiger partial charge in [-0.1, -0.05) is 6.07 Å². The summed E-state index contributed by atoms with van der Waals surface area (Å²) in [5, 5.41) is 9.32. The first-order valence-corrected chi connectivity index (χ1v) is 11.2. The first kappa shape index (κ1) is 21.5. The summed E-state index contributed by atoms with van der Waals surface area (Å²) in [6.07, 6.45) is 1.16. The summed E-state index contributed by atoms with van der Waals surface area (Å²) in [5.41, 5.74) is 2.16. The lowest BCUT2D eigenvalue weighted by atomic mass is 10.2. The maximum absolute atomic E-state index is 14.1. The second-order valence-electron chi connectivity index (χ2n) is 8.24. The van der Waals surface area contributed by atoms with Crippen LogP contribution in [0, 0.1) is 17.5 Å². The van der Waals surface area contributed by atoms with E-state index in [0.717, 1.165) is 6.07 Å². The Kier molecular flexibility index (Phi) is 5.29. The molecule has 12 heteroatoms. The van der Waals surface area contributed by atoms with Gasteiger partial charge in [-0.2, -0.15) is 9.97 Å². The summed E-state index contributed by atoms with van der Waals surface area (Å²) >= 11 is 0. The molecule has 35 heavy (non-hydrogen) atoms. The predicted octanol–water partition coefficient (Wildman–Crippen LogP) is 3.35. The molecule has 6 rings (SSSR count). The molecule has 0 saturated carbocycles. The Morgan fingerprint density at radius 1 is 1.06 bits per heavy atom. The van der Waals surface area contributed by atoms with E-state index in [1.54, 1.807) is 23.0 Å². The number of nitrogens with zero attached hydrogens (tertiary/aromatic N) is 5. The van der Waals surface area contributed by atoms with Gasteiger partial charge in [-0.3, -0.25) is 4.57 Å². The van der Waals surface area contributed by atoms with Crippen LogP contribution in [0.5, 0.6) is 0 Å². The number of anilines is 4. The highest BCUT2D eigenvalue weighted by Crippen LogP contribution is 2.33. The van der Waals surface area contributed by atoms with Gasteiger partial charge < -0.3 is 25.6 Å². The van der Waals surface area contributed by atoms with Crippen molar-refractivity contribution < 1.29 is 17.9 Å². The molecule has 0 radical (unpaired) electrons. The predicted molar refractivity (Wildman–Crippen MR) is 126 cm³/mol. The molecule has 9 nitrogen and oxygen atoms in total. The molecular weight excluding hydrogens is 461 g/mol. The van der Waals surface area contributed by atoms with Crippen LogP contribution in [0.15, 0.2) is 42.7 Å². The number of hydrogen-bond acceptors (Lipinski definition) is 8. The number of imidazole rings is 1. The average molecular weight is 482 g/mol. The van der Waals surface area contributed by atoms with Crippen molar-refractivity contribution in [1.82, 2.24) is 19.5 Å². The molecule has 4 aromatic rings. The lowest BCUT2D eigenvalue weighted by molar-refractivity contribution is 0.122. The molecule has 1 atom stereocenters. The normalized spacial score (nSPS) is 17.2. The largest absolute Gasteiger partial charge is 0.378 e. The van der Waals surface area contributed by atoms with Gasteiger partial charge in [0.2, 0.25) is 5.95 Å². The zero-order chi connectivity index (χ0) is 23.9. The maximum Gasteiger partial charge on any atom is 0.229 e. The molecule has 3 N–H and O–H groups in total. The second-order valence-corrected chi connectivity index (χ2v) is 8.24. The minimum absolute atomic E-state index is 0.0917. The second kappa shape index (κ2) is 8.62. The zero-order valence-corrected chi connectivity index (χ0v) is 18.4. The summed E-state index contributed by atoms with van der Waals surface area (Å²) < 4.78 is 48.8. The van der Waals surface area contributed by atoms with E-state index < -0.39 is 17.8 Å². The van der Waals surface area contributed by atoms with Crippen molar-refractivity contribution in [1.29, 1.82) is 0 Å². The number of nitrogens with one attached hydrogen (secondary N) is 3. The molecular formula is C23H21F3N8O. The molecule has 180 valence electrons. The van der Waals surface area contributed by atoms with Crippen molar-refractivity contribution in [3.05, 3.63) is 60.2 Å². The van der Waals surface area contributed by atoms with Crippen LogP contribution in [0.4, 0.5) is 36.3 Å². The Bertz CT molecular complexity index is 1410. The Morgan fingerprint density at radius 2 is 1.91 bits per heavy atom. The molecule has 1 fully saturated rings. The van der Waals surface area contributed by atoms with E-state index in [4.69, 9.17) is 14.7 Å². The van der Waals surface area contributed by atoms with E-state index in [1.807, 2.05) is 4.90 Å². The number of halogens is 3. The van der Waals surface area contributed by atoms with E-state index in [9.17, 15) is 13.2 Å². The smallest absolute Gasteiger partial charge is 0.229 e. The Labute approximate surface area is 198 Å². The molecule has 0 aliphatic carbocycles. The monoisotopic (exact) mass is 482 g/mol. The molecule has 0 amide bonds. The zero-order valence-electron chi connectivity index (χ0n) is 18.4. The van der Waals surface area contributed by atoms with E-state index >= 15 is 0 Å². The number of morpholine rings is 1. The number of rotatable bonds is 5. The highest BCUT2D eigenvalue weighted by atomic mass is 19.2. The Balaban J connectivity index is 1.33. The van der Waals surface area contributed by atoms with Crippen LogP contribution >= 0.6 is 0 Å². The van der Waals surface area contributed by atoms with Gasteiger partial charge in [0.25, 0.3) is 0 Å². The van der Waals surface area contributed by atoms with E-state index in [2.05, 4.69) is 20.9 Å².